The zero-order valence-corrected chi connectivity index (χ0v) is 20.3. The number of benzene rings is 3. The first-order valence-corrected chi connectivity index (χ1v) is 12.2. The molecule has 3 aromatic carbocycles. The number of aromatic nitrogens is 4. The van der Waals surface area contributed by atoms with Crippen LogP contribution in [-0.2, 0) is 13.0 Å². The van der Waals surface area contributed by atoms with Crippen molar-refractivity contribution >= 4 is 17.2 Å². The van der Waals surface area contributed by atoms with Gasteiger partial charge in [0, 0.05) is 30.2 Å². The SMILES string of the molecule is CCCCc1nc2ccc(-c3ccc(=O)[nH]n3)cc2n1Cc1ccc(-c2ccccc2OC(=O)O)cc1. The van der Waals surface area contributed by atoms with E-state index in [9.17, 15) is 9.59 Å². The van der Waals surface area contributed by atoms with E-state index in [0.717, 1.165) is 52.8 Å². The van der Waals surface area contributed by atoms with Gasteiger partial charge in [0.25, 0.3) is 5.56 Å². The highest BCUT2D eigenvalue weighted by Gasteiger charge is 2.14. The minimum absolute atomic E-state index is 0.239. The normalized spacial score (nSPS) is 11.1. The molecule has 186 valence electrons. The zero-order valence-electron chi connectivity index (χ0n) is 20.3. The van der Waals surface area contributed by atoms with Gasteiger partial charge in [-0.1, -0.05) is 61.9 Å². The van der Waals surface area contributed by atoms with Gasteiger partial charge in [-0.25, -0.2) is 14.9 Å². The molecule has 0 saturated carbocycles. The summed E-state index contributed by atoms with van der Waals surface area (Å²) in [6.07, 6.45) is 1.64. The van der Waals surface area contributed by atoms with Gasteiger partial charge in [-0.05, 0) is 41.8 Å². The number of ether oxygens (including phenoxy) is 1. The monoisotopic (exact) mass is 494 g/mol. The van der Waals surface area contributed by atoms with Crippen LogP contribution in [0.1, 0.15) is 31.2 Å². The van der Waals surface area contributed by atoms with Crippen LogP contribution in [0.2, 0.25) is 0 Å². The Morgan fingerprint density at radius 1 is 1.00 bits per heavy atom. The van der Waals surface area contributed by atoms with Crippen LogP contribution in [0.5, 0.6) is 5.75 Å². The fraction of sp³-hybridized carbons (Fsp3) is 0.172. The lowest BCUT2D eigenvalue weighted by molar-refractivity contribution is 0.144. The third-order valence-electron chi connectivity index (χ3n) is 6.25. The summed E-state index contributed by atoms with van der Waals surface area (Å²) in [6, 6.07) is 24.3. The first kappa shape index (κ1) is 24.0. The number of aromatic amines is 1. The van der Waals surface area contributed by atoms with Crippen LogP contribution < -0.4 is 10.3 Å². The molecule has 0 bridgehead atoms. The molecule has 0 spiro atoms. The fourth-order valence-electron chi connectivity index (χ4n) is 4.40. The Labute approximate surface area is 213 Å². The highest BCUT2D eigenvalue weighted by Crippen LogP contribution is 2.31. The van der Waals surface area contributed by atoms with E-state index in [1.54, 1.807) is 18.2 Å². The lowest BCUT2D eigenvalue weighted by atomic mass is 10.0. The largest absolute Gasteiger partial charge is 0.511 e. The molecule has 0 unspecified atom stereocenters. The minimum Gasteiger partial charge on any atom is -0.449 e. The number of para-hydroxylation sites is 1. The summed E-state index contributed by atoms with van der Waals surface area (Å²) in [5, 5.41) is 15.7. The highest BCUT2D eigenvalue weighted by atomic mass is 16.7. The Kier molecular flexibility index (Phi) is 6.81. The summed E-state index contributed by atoms with van der Waals surface area (Å²) in [5.74, 6) is 1.32. The number of hydrogen-bond donors (Lipinski definition) is 2. The first-order chi connectivity index (χ1) is 18.0. The summed E-state index contributed by atoms with van der Waals surface area (Å²) in [7, 11) is 0. The molecule has 0 aliphatic heterocycles. The highest BCUT2D eigenvalue weighted by molar-refractivity contribution is 5.82. The molecular formula is C29H26N4O4. The van der Waals surface area contributed by atoms with Crippen molar-refractivity contribution in [1.29, 1.82) is 0 Å². The minimum atomic E-state index is -1.34. The van der Waals surface area contributed by atoms with E-state index in [2.05, 4.69) is 27.8 Å². The van der Waals surface area contributed by atoms with Crippen molar-refractivity contribution in [1.82, 2.24) is 19.7 Å². The van der Waals surface area contributed by atoms with Crippen molar-refractivity contribution in [3.8, 4) is 28.1 Å². The van der Waals surface area contributed by atoms with Crippen molar-refractivity contribution in [3.63, 3.8) is 0 Å². The fourth-order valence-corrected chi connectivity index (χ4v) is 4.40. The first-order valence-electron chi connectivity index (χ1n) is 12.2. The van der Waals surface area contributed by atoms with Crippen molar-refractivity contribution in [3.05, 3.63) is 101 Å². The number of carboxylic acid groups (broad SMARTS) is 1. The topological polar surface area (TPSA) is 110 Å². The summed E-state index contributed by atoms with van der Waals surface area (Å²) in [5.41, 5.74) is 5.94. The van der Waals surface area contributed by atoms with Crippen LogP contribution in [0, 0.1) is 0 Å². The van der Waals surface area contributed by atoms with E-state index < -0.39 is 6.16 Å². The van der Waals surface area contributed by atoms with Gasteiger partial charge in [-0.2, -0.15) is 5.10 Å². The van der Waals surface area contributed by atoms with Gasteiger partial charge in [0.05, 0.1) is 16.7 Å². The number of carbonyl (C=O) groups is 1. The lowest BCUT2D eigenvalue weighted by Crippen LogP contribution is -2.06. The van der Waals surface area contributed by atoms with Gasteiger partial charge < -0.3 is 14.4 Å². The Morgan fingerprint density at radius 2 is 1.78 bits per heavy atom. The maximum Gasteiger partial charge on any atom is 0.511 e. The molecule has 2 heterocycles. The second-order valence-corrected chi connectivity index (χ2v) is 8.79. The summed E-state index contributed by atoms with van der Waals surface area (Å²) < 4.78 is 7.18. The molecular weight excluding hydrogens is 468 g/mol. The number of imidazole rings is 1. The Bertz CT molecular complexity index is 1600. The number of aryl methyl sites for hydroxylation is 1. The molecule has 0 aliphatic carbocycles. The van der Waals surface area contributed by atoms with Gasteiger partial charge in [-0.15, -0.1) is 0 Å². The van der Waals surface area contributed by atoms with Crippen LogP contribution in [-0.4, -0.2) is 31.0 Å². The van der Waals surface area contributed by atoms with Gasteiger partial charge >= 0.3 is 6.16 Å². The lowest BCUT2D eigenvalue weighted by Gasteiger charge is -2.12. The standard InChI is InChI=1S/C29H26N4O4/c1-2-3-8-27-30-24-14-13-21(23-15-16-28(34)32-31-23)17-25(24)33(27)18-19-9-11-20(12-10-19)22-6-4-5-7-26(22)37-29(35)36/h4-7,9-17H,2-3,8,18H2,1H3,(H,32,34)(H,35,36). The number of fused-ring (bicyclic) bond motifs is 1. The van der Waals surface area contributed by atoms with E-state index in [1.165, 1.54) is 6.07 Å². The van der Waals surface area contributed by atoms with E-state index in [1.807, 2.05) is 48.5 Å². The average Bonchev–Trinajstić information content (AvgIpc) is 3.24. The van der Waals surface area contributed by atoms with Crippen molar-refractivity contribution in [2.75, 3.05) is 0 Å². The average molecular weight is 495 g/mol. The van der Waals surface area contributed by atoms with E-state index in [0.29, 0.717) is 23.6 Å². The molecule has 37 heavy (non-hydrogen) atoms. The molecule has 8 heteroatoms. The number of hydrogen-bond acceptors (Lipinski definition) is 5. The Hall–Kier alpha value is -4.72. The number of unbranched alkanes of at least 4 members (excludes halogenated alkanes) is 1. The van der Waals surface area contributed by atoms with Crippen LogP contribution in [0.25, 0.3) is 33.4 Å². The predicted molar refractivity (Wildman–Crippen MR) is 142 cm³/mol. The van der Waals surface area contributed by atoms with E-state index >= 15 is 0 Å². The maximum atomic E-state index is 11.4. The molecule has 0 saturated heterocycles. The van der Waals surface area contributed by atoms with Crippen LogP contribution >= 0.6 is 0 Å². The van der Waals surface area contributed by atoms with Crippen LogP contribution in [0.15, 0.2) is 83.7 Å². The molecule has 0 atom stereocenters. The summed E-state index contributed by atoms with van der Waals surface area (Å²) in [6.45, 7) is 2.79. The molecule has 0 radical (unpaired) electrons. The molecule has 0 aliphatic rings. The van der Waals surface area contributed by atoms with Crippen molar-refractivity contribution in [2.45, 2.75) is 32.7 Å². The molecule has 2 N–H and O–H groups in total. The van der Waals surface area contributed by atoms with Gasteiger partial charge in [0.1, 0.15) is 11.6 Å². The number of nitrogens with zero attached hydrogens (tertiary/aromatic N) is 3. The third kappa shape index (κ3) is 5.28. The molecule has 5 aromatic rings. The molecule has 0 fully saturated rings. The van der Waals surface area contributed by atoms with Gasteiger partial charge in [-0.3, -0.25) is 4.79 Å². The van der Waals surface area contributed by atoms with Crippen molar-refractivity contribution < 1.29 is 14.6 Å². The number of nitrogens with one attached hydrogen (secondary N) is 1. The number of H-pyrrole nitrogens is 1. The second kappa shape index (κ2) is 10.5. The van der Waals surface area contributed by atoms with Crippen LogP contribution in [0.4, 0.5) is 4.79 Å². The summed E-state index contributed by atoms with van der Waals surface area (Å²) >= 11 is 0. The molecule has 5 rings (SSSR count). The van der Waals surface area contributed by atoms with E-state index in [4.69, 9.17) is 14.8 Å². The quantitative estimate of drug-likeness (QED) is 0.205. The van der Waals surface area contributed by atoms with E-state index in [-0.39, 0.29) is 5.56 Å². The zero-order chi connectivity index (χ0) is 25.8. The number of rotatable bonds is 8. The second-order valence-electron chi connectivity index (χ2n) is 8.79. The van der Waals surface area contributed by atoms with Crippen LogP contribution in [0.3, 0.4) is 0 Å². The third-order valence-corrected chi connectivity index (χ3v) is 6.25. The molecule has 8 nitrogen and oxygen atoms in total. The smallest absolute Gasteiger partial charge is 0.449 e. The Morgan fingerprint density at radius 3 is 2.51 bits per heavy atom. The maximum absolute atomic E-state index is 11.4. The van der Waals surface area contributed by atoms with Crippen molar-refractivity contribution in [2.24, 2.45) is 0 Å². The van der Waals surface area contributed by atoms with Gasteiger partial charge in [0.15, 0.2) is 0 Å². The summed E-state index contributed by atoms with van der Waals surface area (Å²) in [4.78, 5) is 27.4. The Balaban J connectivity index is 1.50. The van der Waals surface area contributed by atoms with Gasteiger partial charge in [0.2, 0.25) is 0 Å². The predicted octanol–water partition coefficient (Wildman–Crippen LogP) is 5.90. The molecule has 0 amide bonds. The molecule has 2 aromatic heterocycles.